The van der Waals surface area contributed by atoms with E-state index in [1.807, 2.05) is 31.3 Å². The number of nitrogens with zero attached hydrogens (tertiary/aromatic N) is 2. The molecule has 0 saturated heterocycles. The van der Waals surface area contributed by atoms with Gasteiger partial charge in [-0.1, -0.05) is 24.3 Å². The van der Waals surface area contributed by atoms with Gasteiger partial charge in [0.05, 0.1) is 0 Å². The highest BCUT2D eigenvalue weighted by molar-refractivity contribution is 5.79. The van der Waals surface area contributed by atoms with Crippen molar-refractivity contribution in [2.75, 3.05) is 5.32 Å². The molecule has 0 saturated carbocycles. The standard InChI is InChI=1S/C21H21N3O/c1-13-7-5-8-14(2)18(13)22-21-19(17-11-10-16(4)25-17)23-20-15(3)9-6-12-24(20)21/h5-12,22H,1-4H3. The Bertz CT molecular complexity index is 1050. The van der Waals surface area contributed by atoms with Gasteiger partial charge in [0.15, 0.2) is 5.76 Å². The molecule has 0 radical (unpaired) electrons. The highest BCUT2D eigenvalue weighted by Gasteiger charge is 2.19. The van der Waals surface area contributed by atoms with Crippen molar-refractivity contribution in [1.82, 2.24) is 9.38 Å². The zero-order valence-electron chi connectivity index (χ0n) is 14.9. The Morgan fingerprint density at radius 1 is 0.880 bits per heavy atom. The third-order valence-electron chi connectivity index (χ3n) is 4.54. The lowest BCUT2D eigenvalue weighted by atomic mass is 10.1. The van der Waals surface area contributed by atoms with E-state index < -0.39 is 0 Å². The number of furan rings is 1. The molecule has 1 N–H and O–H groups in total. The zero-order valence-corrected chi connectivity index (χ0v) is 14.9. The maximum absolute atomic E-state index is 5.86. The van der Waals surface area contributed by atoms with Crippen LogP contribution in [0.25, 0.3) is 17.1 Å². The molecule has 0 fully saturated rings. The van der Waals surface area contributed by atoms with Crippen molar-refractivity contribution < 1.29 is 4.42 Å². The number of hydrogen-bond acceptors (Lipinski definition) is 3. The SMILES string of the molecule is Cc1ccc(-c2nc3c(C)cccn3c2Nc2c(C)cccc2C)o1. The molecule has 0 unspecified atom stereocenters. The van der Waals surface area contributed by atoms with Gasteiger partial charge in [0.2, 0.25) is 0 Å². The van der Waals surface area contributed by atoms with E-state index >= 15 is 0 Å². The van der Waals surface area contributed by atoms with Gasteiger partial charge in [-0.15, -0.1) is 0 Å². The van der Waals surface area contributed by atoms with Gasteiger partial charge in [-0.2, -0.15) is 0 Å². The molecule has 25 heavy (non-hydrogen) atoms. The summed E-state index contributed by atoms with van der Waals surface area (Å²) < 4.78 is 7.95. The van der Waals surface area contributed by atoms with E-state index in [1.165, 1.54) is 11.1 Å². The summed E-state index contributed by atoms with van der Waals surface area (Å²) >= 11 is 0. The molecule has 3 heterocycles. The van der Waals surface area contributed by atoms with E-state index in [4.69, 9.17) is 9.40 Å². The third-order valence-corrected chi connectivity index (χ3v) is 4.54. The predicted molar refractivity (Wildman–Crippen MR) is 102 cm³/mol. The molecule has 0 spiro atoms. The molecule has 1 aromatic carbocycles. The number of para-hydroxylation sites is 1. The van der Waals surface area contributed by atoms with E-state index in [-0.39, 0.29) is 0 Å². The van der Waals surface area contributed by atoms with E-state index in [1.54, 1.807) is 0 Å². The van der Waals surface area contributed by atoms with E-state index in [0.29, 0.717) is 0 Å². The number of anilines is 2. The Morgan fingerprint density at radius 2 is 1.60 bits per heavy atom. The number of aromatic nitrogens is 2. The molecule has 4 rings (SSSR count). The fraction of sp³-hybridized carbons (Fsp3) is 0.190. The number of hydrogen-bond donors (Lipinski definition) is 1. The highest BCUT2D eigenvalue weighted by atomic mass is 16.3. The molecule has 3 aromatic heterocycles. The van der Waals surface area contributed by atoms with Crippen LogP contribution in [-0.2, 0) is 0 Å². The van der Waals surface area contributed by atoms with Crippen molar-refractivity contribution in [2.45, 2.75) is 27.7 Å². The van der Waals surface area contributed by atoms with Crippen LogP contribution in [0.3, 0.4) is 0 Å². The van der Waals surface area contributed by atoms with Crippen LogP contribution in [0.15, 0.2) is 53.1 Å². The van der Waals surface area contributed by atoms with Crippen LogP contribution in [0.4, 0.5) is 11.5 Å². The Labute approximate surface area is 147 Å². The van der Waals surface area contributed by atoms with Crippen LogP contribution in [0.5, 0.6) is 0 Å². The van der Waals surface area contributed by atoms with Gasteiger partial charge in [0.1, 0.15) is 22.9 Å². The van der Waals surface area contributed by atoms with Crippen molar-refractivity contribution >= 4 is 17.2 Å². The summed E-state index contributed by atoms with van der Waals surface area (Å²) in [5.74, 6) is 2.57. The number of fused-ring (bicyclic) bond motifs is 1. The quantitative estimate of drug-likeness (QED) is 0.533. The maximum Gasteiger partial charge on any atom is 0.156 e. The van der Waals surface area contributed by atoms with Crippen LogP contribution in [0.1, 0.15) is 22.5 Å². The number of rotatable bonds is 3. The minimum Gasteiger partial charge on any atom is -0.460 e. The van der Waals surface area contributed by atoms with Crippen LogP contribution in [-0.4, -0.2) is 9.38 Å². The molecule has 0 atom stereocenters. The Hall–Kier alpha value is -3.01. The molecule has 0 aliphatic carbocycles. The smallest absolute Gasteiger partial charge is 0.156 e. The fourth-order valence-electron chi connectivity index (χ4n) is 3.19. The average Bonchev–Trinajstić information content (AvgIpc) is 3.16. The van der Waals surface area contributed by atoms with E-state index in [2.05, 4.69) is 54.8 Å². The maximum atomic E-state index is 5.86. The van der Waals surface area contributed by atoms with Crippen molar-refractivity contribution in [3.05, 3.63) is 71.1 Å². The number of benzene rings is 1. The second-order valence-corrected chi connectivity index (χ2v) is 6.50. The summed E-state index contributed by atoms with van der Waals surface area (Å²) in [4.78, 5) is 4.86. The highest BCUT2D eigenvalue weighted by Crippen LogP contribution is 2.34. The van der Waals surface area contributed by atoms with Crippen LogP contribution in [0.2, 0.25) is 0 Å². The van der Waals surface area contributed by atoms with Crippen LogP contribution < -0.4 is 5.32 Å². The fourth-order valence-corrected chi connectivity index (χ4v) is 3.19. The lowest BCUT2D eigenvalue weighted by Gasteiger charge is -2.13. The summed E-state index contributed by atoms with van der Waals surface area (Å²) in [6.07, 6.45) is 2.03. The Kier molecular flexibility index (Phi) is 3.61. The molecule has 4 aromatic rings. The van der Waals surface area contributed by atoms with E-state index in [0.717, 1.165) is 39.9 Å². The predicted octanol–water partition coefficient (Wildman–Crippen LogP) is 5.57. The van der Waals surface area contributed by atoms with E-state index in [9.17, 15) is 0 Å². The molecular weight excluding hydrogens is 310 g/mol. The number of imidazole rings is 1. The first-order chi connectivity index (χ1) is 12.0. The van der Waals surface area contributed by atoms with Gasteiger partial charge in [-0.3, -0.25) is 4.40 Å². The lowest BCUT2D eigenvalue weighted by molar-refractivity contribution is 0.547. The van der Waals surface area contributed by atoms with Crippen molar-refractivity contribution in [3.8, 4) is 11.5 Å². The topological polar surface area (TPSA) is 42.5 Å². The molecule has 0 aliphatic rings. The van der Waals surface area contributed by atoms with Crippen molar-refractivity contribution in [2.24, 2.45) is 0 Å². The Balaban J connectivity index is 1.96. The molecule has 4 nitrogen and oxygen atoms in total. The van der Waals surface area contributed by atoms with Gasteiger partial charge >= 0.3 is 0 Å². The minimum atomic E-state index is 0.773. The van der Waals surface area contributed by atoms with Crippen LogP contribution >= 0.6 is 0 Å². The minimum absolute atomic E-state index is 0.773. The molecule has 0 bridgehead atoms. The first-order valence-corrected chi connectivity index (χ1v) is 8.42. The second kappa shape index (κ2) is 5.81. The summed E-state index contributed by atoms with van der Waals surface area (Å²) in [6.45, 7) is 8.24. The summed E-state index contributed by atoms with van der Waals surface area (Å²) in [7, 11) is 0. The average molecular weight is 331 g/mol. The number of aryl methyl sites for hydroxylation is 4. The van der Waals surface area contributed by atoms with Crippen LogP contribution in [0, 0.1) is 27.7 Å². The van der Waals surface area contributed by atoms with Gasteiger partial charge in [-0.05, 0) is 62.6 Å². The normalized spacial score (nSPS) is 11.2. The number of nitrogens with one attached hydrogen (secondary N) is 1. The summed E-state index contributed by atoms with van der Waals surface area (Å²) in [5, 5.41) is 3.61. The van der Waals surface area contributed by atoms with Gasteiger partial charge in [0, 0.05) is 11.9 Å². The third kappa shape index (κ3) is 2.60. The number of pyridine rings is 1. The summed E-state index contributed by atoms with van der Waals surface area (Å²) in [5.41, 5.74) is 6.38. The van der Waals surface area contributed by atoms with Crippen molar-refractivity contribution in [1.29, 1.82) is 0 Å². The molecule has 126 valence electrons. The van der Waals surface area contributed by atoms with Gasteiger partial charge in [-0.25, -0.2) is 4.98 Å². The zero-order chi connectivity index (χ0) is 17.6. The monoisotopic (exact) mass is 331 g/mol. The van der Waals surface area contributed by atoms with Crippen molar-refractivity contribution in [3.63, 3.8) is 0 Å². The molecule has 0 amide bonds. The molecule has 4 heteroatoms. The lowest BCUT2D eigenvalue weighted by Crippen LogP contribution is -2.00. The first kappa shape index (κ1) is 15.5. The second-order valence-electron chi connectivity index (χ2n) is 6.50. The summed E-state index contributed by atoms with van der Waals surface area (Å²) in [6, 6.07) is 14.4. The largest absolute Gasteiger partial charge is 0.460 e. The molecular formula is C21H21N3O. The van der Waals surface area contributed by atoms with Gasteiger partial charge in [0.25, 0.3) is 0 Å². The Morgan fingerprint density at radius 3 is 2.28 bits per heavy atom. The molecule has 0 aliphatic heterocycles. The first-order valence-electron chi connectivity index (χ1n) is 8.42. The van der Waals surface area contributed by atoms with Gasteiger partial charge < -0.3 is 9.73 Å².